The number of carboxylic acids is 1. The molecule has 5 heteroatoms. The van der Waals surface area contributed by atoms with Gasteiger partial charge in [0.15, 0.2) is 5.69 Å². The molecule has 0 saturated heterocycles. The molecule has 5 nitrogen and oxygen atoms in total. The lowest BCUT2D eigenvalue weighted by molar-refractivity contribution is 0.0689. The Morgan fingerprint density at radius 3 is 2.93 bits per heavy atom. The topological polar surface area (TPSA) is 67.1 Å². The highest BCUT2D eigenvalue weighted by Crippen LogP contribution is 2.22. The van der Waals surface area contributed by atoms with Crippen LogP contribution in [0.5, 0.6) is 0 Å². The fraction of sp³-hybridized carbons (Fsp3) is 0.600. The SMILES string of the molecule is CC(C)c1c(C(=O)O)nc2n1CCNC2. The van der Waals surface area contributed by atoms with Gasteiger partial charge in [0, 0.05) is 13.1 Å². The third kappa shape index (κ3) is 1.63. The molecular weight excluding hydrogens is 194 g/mol. The van der Waals surface area contributed by atoms with E-state index in [1.165, 1.54) is 0 Å². The summed E-state index contributed by atoms with van der Waals surface area (Å²) in [5.74, 6) is 0.0957. The third-order valence-corrected chi connectivity index (χ3v) is 2.63. The van der Waals surface area contributed by atoms with E-state index in [1.54, 1.807) is 0 Å². The van der Waals surface area contributed by atoms with Gasteiger partial charge in [-0.05, 0) is 5.92 Å². The fourth-order valence-corrected chi connectivity index (χ4v) is 2.03. The van der Waals surface area contributed by atoms with Crippen LogP contribution in [-0.4, -0.2) is 27.2 Å². The number of hydrogen-bond acceptors (Lipinski definition) is 3. The molecular formula is C10H15N3O2. The third-order valence-electron chi connectivity index (χ3n) is 2.63. The summed E-state index contributed by atoms with van der Waals surface area (Å²) in [6, 6.07) is 0. The summed E-state index contributed by atoms with van der Waals surface area (Å²) in [7, 11) is 0. The molecule has 0 saturated carbocycles. The van der Waals surface area contributed by atoms with E-state index in [0.717, 1.165) is 24.6 Å². The zero-order valence-electron chi connectivity index (χ0n) is 8.95. The van der Waals surface area contributed by atoms with E-state index in [0.29, 0.717) is 6.54 Å². The lowest BCUT2D eigenvalue weighted by Crippen LogP contribution is -2.29. The van der Waals surface area contributed by atoms with E-state index >= 15 is 0 Å². The van der Waals surface area contributed by atoms with E-state index < -0.39 is 5.97 Å². The van der Waals surface area contributed by atoms with Crippen molar-refractivity contribution in [2.24, 2.45) is 0 Å². The smallest absolute Gasteiger partial charge is 0.356 e. The van der Waals surface area contributed by atoms with Gasteiger partial charge in [0.05, 0.1) is 12.2 Å². The quantitative estimate of drug-likeness (QED) is 0.756. The predicted molar refractivity (Wildman–Crippen MR) is 55.0 cm³/mol. The maximum Gasteiger partial charge on any atom is 0.356 e. The first kappa shape index (κ1) is 10.2. The Balaban J connectivity index is 2.56. The molecule has 2 N–H and O–H groups in total. The minimum Gasteiger partial charge on any atom is -0.476 e. The van der Waals surface area contributed by atoms with Gasteiger partial charge in [-0.2, -0.15) is 0 Å². The summed E-state index contributed by atoms with van der Waals surface area (Å²) >= 11 is 0. The van der Waals surface area contributed by atoms with E-state index in [1.807, 2.05) is 18.4 Å². The van der Waals surface area contributed by atoms with Crippen molar-refractivity contribution in [2.45, 2.75) is 32.9 Å². The van der Waals surface area contributed by atoms with E-state index in [4.69, 9.17) is 5.11 Å². The van der Waals surface area contributed by atoms with Crippen LogP contribution in [0.3, 0.4) is 0 Å². The average Bonchev–Trinajstić information content (AvgIpc) is 2.56. The largest absolute Gasteiger partial charge is 0.476 e. The first-order chi connectivity index (χ1) is 7.11. The minimum absolute atomic E-state index is 0.190. The Morgan fingerprint density at radius 2 is 2.33 bits per heavy atom. The number of hydrogen-bond donors (Lipinski definition) is 2. The second-order valence-corrected chi connectivity index (χ2v) is 4.05. The molecule has 0 fully saturated rings. The highest BCUT2D eigenvalue weighted by molar-refractivity contribution is 5.87. The second kappa shape index (κ2) is 3.66. The number of fused-ring (bicyclic) bond motifs is 1. The molecule has 0 aromatic carbocycles. The number of carboxylic acid groups (broad SMARTS) is 1. The summed E-state index contributed by atoms with van der Waals surface area (Å²) < 4.78 is 2.03. The van der Waals surface area contributed by atoms with Crippen LogP contribution in [0.2, 0.25) is 0 Å². The molecule has 1 aromatic rings. The maximum atomic E-state index is 11.0. The first-order valence-electron chi connectivity index (χ1n) is 5.14. The van der Waals surface area contributed by atoms with E-state index in [-0.39, 0.29) is 11.6 Å². The van der Waals surface area contributed by atoms with E-state index in [2.05, 4.69) is 10.3 Å². The number of rotatable bonds is 2. The van der Waals surface area contributed by atoms with Crippen LogP contribution in [0.25, 0.3) is 0 Å². The highest BCUT2D eigenvalue weighted by atomic mass is 16.4. The standard InChI is InChI=1S/C10H15N3O2/c1-6(2)9-8(10(14)15)12-7-5-11-3-4-13(7)9/h6,11H,3-5H2,1-2H3,(H,14,15). The Bertz CT molecular complexity index is 396. The van der Waals surface area contributed by atoms with Crippen LogP contribution in [0, 0.1) is 0 Å². The average molecular weight is 209 g/mol. The Kier molecular flexibility index (Phi) is 2.48. The lowest BCUT2D eigenvalue weighted by Gasteiger charge is -2.18. The van der Waals surface area contributed by atoms with Gasteiger partial charge in [0.1, 0.15) is 5.82 Å². The summed E-state index contributed by atoms with van der Waals surface area (Å²) in [6.45, 7) is 6.34. The second-order valence-electron chi connectivity index (χ2n) is 4.05. The number of aromatic carboxylic acids is 1. The lowest BCUT2D eigenvalue weighted by atomic mass is 10.1. The molecule has 0 amide bonds. The van der Waals surface area contributed by atoms with Crippen molar-refractivity contribution in [3.63, 3.8) is 0 Å². The molecule has 0 radical (unpaired) electrons. The highest BCUT2D eigenvalue weighted by Gasteiger charge is 2.24. The fourth-order valence-electron chi connectivity index (χ4n) is 2.03. The number of aromatic nitrogens is 2. The number of imidazole rings is 1. The molecule has 0 atom stereocenters. The van der Waals surface area contributed by atoms with Crippen LogP contribution in [0.15, 0.2) is 0 Å². The number of carbonyl (C=O) groups is 1. The number of nitrogens with one attached hydrogen (secondary N) is 1. The van der Waals surface area contributed by atoms with Crippen LogP contribution in [0.4, 0.5) is 0 Å². The molecule has 1 aliphatic heterocycles. The molecule has 0 unspecified atom stereocenters. The zero-order valence-corrected chi connectivity index (χ0v) is 8.95. The van der Waals surface area contributed by atoms with Crippen molar-refractivity contribution in [1.82, 2.24) is 14.9 Å². The molecule has 15 heavy (non-hydrogen) atoms. The van der Waals surface area contributed by atoms with Gasteiger partial charge in [0.25, 0.3) is 0 Å². The molecule has 1 aliphatic rings. The summed E-state index contributed by atoms with van der Waals surface area (Å²) in [6.07, 6.45) is 0. The maximum absolute atomic E-state index is 11.0. The molecule has 82 valence electrons. The van der Waals surface area contributed by atoms with Gasteiger partial charge in [0.2, 0.25) is 0 Å². The van der Waals surface area contributed by atoms with Crippen molar-refractivity contribution in [3.05, 3.63) is 17.2 Å². The summed E-state index contributed by atoms with van der Waals surface area (Å²) in [5.41, 5.74) is 1.06. The summed E-state index contributed by atoms with van der Waals surface area (Å²) in [4.78, 5) is 15.2. The van der Waals surface area contributed by atoms with Gasteiger partial charge in [-0.1, -0.05) is 13.8 Å². The van der Waals surface area contributed by atoms with Gasteiger partial charge in [-0.15, -0.1) is 0 Å². The van der Waals surface area contributed by atoms with Crippen molar-refractivity contribution >= 4 is 5.97 Å². The predicted octanol–water partition coefficient (Wildman–Crippen LogP) is 0.808. The molecule has 2 heterocycles. The molecule has 2 rings (SSSR count). The van der Waals surface area contributed by atoms with Crippen LogP contribution in [-0.2, 0) is 13.1 Å². The van der Waals surface area contributed by atoms with E-state index in [9.17, 15) is 4.79 Å². The molecule has 0 bridgehead atoms. The van der Waals surface area contributed by atoms with Crippen LogP contribution in [0.1, 0.15) is 41.8 Å². The summed E-state index contributed by atoms with van der Waals surface area (Å²) in [5, 5.41) is 12.3. The Morgan fingerprint density at radius 1 is 1.60 bits per heavy atom. The zero-order chi connectivity index (χ0) is 11.0. The minimum atomic E-state index is -0.930. The van der Waals surface area contributed by atoms with Crippen molar-refractivity contribution in [1.29, 1.82) is 0 Å². The van der Waals surface area contributed by atoms with Crippen LogP contribution >= 0.6 is 0 Å². The van der Waals surface area contributed by atoms with Crippen molar-refractivity contribution in [2.75, 3.05) is 6.54 Å². The van der Waals surface area contributed by atoms with Gasteiger partial charge >= 0.3 is 5.97 Å². The first-order valence-corrected chi connectivity index (χ1v) is 5.14. The monoisotopic (exact) mass is 209 g/mol. The Hall–Kier alpha value is -1.36. The van der Waals surface area contributed by atoms with Crippen molar-refractivity contribution in [3.8, 4) is 0 Å². The number of nitrogens with zero attached hydrogens (tertiary/aromatic N) is 2. The normalized spacial score (nSPS) is 15.4. The van der Waals surface area contributed by atoms with Gasteiger partial charge in [-0.25, -0.2) is 9.78 Å². The molecule has 0 spiro atoms. The van der Waals surface area contributed by atoms with Crippen LogP contribution < -0.4 is 5.32 Å². The molecule has 1 aromatic heterocycles. The molecule has 0 aliphatic carbocycles. The van der Waals surface area contributed by atoms with Crippen molar-refractivity contribution < 1.29 is 9.90 Å². The Labute approximate surface area is 88.1 Å². The van der Waals surface area contributed by atoms with Gasteiger partial charge in [-0.3, -0.25) is 0 Å². The van der Waals surface area contributed by atoms with Gasteiger partial charge < -0.3 is 15.0 Å².